The number of halogens is 1. The molecule has 0 bridgehead atoms. The Morgan fingerprint density at radius 3 is 2.90 bits per heavy atom. The van der Waals surface area contributed by atoms with Crippen LogP contribution in [0.1, 0.15) is 22.4 Å². The maximum atomic E-state index is 13.4. The molecule has 2 rings (SSSR count). The van der Waals surface area contributed by atoms with Crippen molar-refractivity contribution < 1.29 is 13.9 Å². The molecular formula is C14H15FN2O2S. The van der Waals surface area contributed by atoms with Gasteiger partial charge in [-0.3, -0.25) is 4.79 Å². The van der Waals surface area contributed by atoms with Gasteiger partial charge in [0.1, 0.15) is 17.3 Å². The van der Waals surface area contributed by atoms with Gasteiger partial charge in [0.05, 0.1) is 0 Å². The largest absolute Gasteiger partial charge is 0.483 e. The normalized spacial score (nSPS) is 10.3. The Bertz CT molecular complexity index is 600. The van der Waals surface area contributed by atoms with E-state index in [1.165, 1.54) is 17.4 Å². The highest BCUT2D eigenvalue weighted by atomic mass is 32.1. The number of hydrogen-bond donors (Lipinski definition) is 0. The van der Waals surface area contributed by atoms with E-state index in [0.717, 1.165) is 0 Å². The minimum Gasteiger partial charge on any atom is -0.483 e. The molecule has 2 aromatic rings. The third-order valence-electron chi connectivity index (χ3n) is 2.78. The molecule has 0 unspecified atom stereocenters. The van der Waals surface area contributed by atoms with Crippen LogP contribution in [0, 0.1) is 5.82 Å². The van der Waals surface area contributed by atoms with Crippen molar-refractivity contribution in [2.24, 2.45) is 0 Å². The minimum atomic E-state index is -0.411. The van der Waals surface area contributed by atoms with Gasteiger partial charge in [0, 0.05) is 19.0 Å². The average molecular weight is 294 g/mol. The highest BCUT2D eigenvalue weighted by molar-refractivity contribution is 7.09. The Morgan fingerprint density at radius 2 is 2.20 bits per heavy atom. The summed E-state index contributed by atoms with van der Waals surface area (Å²) in [6, 6.07) is 6.19. The number of para-hydroxylation sites is 1. The molecule has 4 nitrogen and oxygen atoms in total. The molecule has 6 heteroatoms. The smallest absolute Gasteiger partial charge is 0.273 e. The number of aromatic nitrogens is 1. The zero-order valence-corrected chi connectivity index (χ0v) is 12.1. The van der Waals surface area contributed by atoms with Gasteiger partial charge in [0.25, 0.3) is 5.91 Å². The standard InChI is InChI=1S/C14H15FN2O2S/c1-3-17(2)14(18)11-9-20-13(16-11)8-19-12-7-5-4-6-10(12)15/h4-7,9H,3,8H2,1-2H3. The van der Waals surface area contributed by atoms with Gasteiger partial charge in [-0.05, 0) is 19.1 Å². The summed E-state index contributed by atoms with van der Waals surface area (Å²) in [5.74, 6) is -0.354. The van der Waals surface area contributed by atoms with E-state index in [1.54, 1.807) is 35.5 Å². The Hall–Kier alpha value is -1.95. The van der Waals surface area contributed by atoms with Crippen LogP contribution in [-0.4, -0.2) is 29.4 Å². The number of amides is 1. The van der Waals surface area contributed by atoms with Crippen LogP contribution in [0.15, 0.2) is 29.6 Å². The molecule has 1 aromatic carbocycles. The van der Waals surface area contributed by atoms with Crippen LogP contribution in [0.4, 0.5) is 4.39 Å². The first-order valence-corrected chi connectivity index (χ1v) is 7.07. The summed E-state index contributed by atoms with van der Waals surface area (Å²) in [6.07, 6.45) is 0. The SMILES string of the molecule is CCN(C)C(=O)c1csc(COc2ccccc2F)n1. The molecule has 0 fully saturated rings. The Morgan fingerprint density at radius 1 is 1.45 bits per heavy atom. The fourth-order valence-corrected chi connectivity index (χ4v) is 2.20. The zero-order valence-electron chi connectivity index (χ0n) is 11.3. The van der Waals surface area contributed by atoms with Gasteiger partial charge in [-0.15, -0.1) is 11.3 Å². The van der Waals surface area contributed by atoms with Gasteiger partial charge in [-0.25, -0.2) is 9.37 Å². The molecule has 106 valence electrons. The second kappa shape index (κ2) is 6.47. The monoisotopic (exact) mass is 294 g/mol. The maximum absolute atomic E-state index is 13.4. The molecule has 0 aliphatic rings. The van der Waals surface area contributed by atoms with E-state index >= 15 is 0 Å². The van der Waals surface area contributed by atoms with Crippen molar-refractivity contribution in [2.75, 3.05) is 13.6 Å². The number of ether oxygens (including phenoxy) is 1. The first-order valence-electron chi connectivity index (χ1n) is 6.19. The highest BCUT2D eigenvalue weighted by Crippen LogP contribution is 2.19. The van der Waals surface area contributed by atoms with Crippen molar-refractivity contribution in [2.45, 2.75) is 13.5 Å². The third kappa shape index (κ3) is 3.33. The van der Waals surface area contributed by atoms with E-state index in [9.17, 15) is 9.18 Å². The van der Waals surface area contributed by atoms with Crippen LogP contribution in [-0.2, 0) is 6.61 Å². The molecule has 1 amide bonds. The molecule has 1 heterocycles. The maximum Gasteiger partial charge on any atom is 0.273 e. The first kappa shape index (κ1) is 14.5. The second-order valence-electron chi connectivity index (χ2n) is 4.16. The fourth-order valence-electron chi connectivity index (χ4n) is 1.52. The number of carbonyl (C=O) groups excluding carboxylic acids is 1. The lowest BCUT2D eigenvalue weighted by molar-refractivity contribution is 0.0797. The molecule has 0 aliphatic heterocycles. The summed E-state index contributed by atoms with van der Waals surface area (Å²) in [6.45, 7) is 2.67. The molecule has 0 saturated heterocycles. The molecule has 0 radical (unpaired) electrons. The van der Waals surface area contributed by atoms with Crippen LogP contribution >= 0.6 is 11.3 Å². The van der Waals surface area contributed by atoms with Gasteiger partial charge >= 0.3 is 0 Å². The number of nitrogens with zero attached hydrogens (tertiary/aromatic N) is 2. The number of thiazole rings is 1. The van der Waals surface area contributed by atoms with Gasteiger partial charge in [0.2, 0.25) is 0 Å². The van der Waals surface area contributed by atoms with Gasteiger partial charge in [-0.2, -0.15) is 0 Å². The van der Waals surface area contributed by atoms with E-state index in [4.69, 9.17) is 4.74 Å². The summed E-state index contributed by atoms with van der Waals surface area (Å²) < 4.78 is 18.7. The van der Waals surface area contributed by atoms with E-state index in [2.05, 4.69) is 4.98 Å². The van der Waals surface area contributed by atoms with Gasteiger partial charge in [0.15, 0.2) is 11.6 Å². The predicted molar refractivity (Wildman–Crippen MR) is 75.5 cm³/mol. The summed E-state index contributed by atoms with van der Waals surface area (Å²) >= 11 is 1.32. The summed E-state index contributed by atoms with van der Waals surface area (Å²) in [4.78, 5) is 17.7. The van der Waals surface area contributed by atoms with Crippen LogP contribution in [0.3, 0.4) is 0 Å². The van der Waals surface area contributed by atoms with Gasteiger partial charge in [-0.1, -0.05) is 12.1 Å². The summed E-state index contributed by atoms with van der Waals surface area (Å²) in [5.41, 5.74) is 0.395. The quantitative estimate of drug-likeness (QED) is 0.851. The Balaban J connectivity index is 2.00. The Labute approximate surface area is 120 Å². The molecule has 1 aromatic heterocycles. The Kier molecular flexibility index (Phi) is 4.68. The number of hydrogen-bond acceptors (Lipinski definition) is 4. The van der Waals surface area contributed by atoms with Gasteiger partial charge < -0.3 is 9.64 Å². The first-order chi connectivity index (χ1) is 9.61. The highest BCUT2D eigenvalue weighted by Gasteiger charge is 2.14. The lowest BCUT2D eigenvalue weighted by Crippen LogP contribution is -2.26. The minimum absolute atomic E-state index is 0.124. The summed E-state index contributed by atoms with van der Waals surface area (Å²) in [7, 11) is 1.72. The van der Waals surface area contributed by atoms with E-state index in [-0.39, 0.29) is 18.3 Å². The molecule has 0 aliphatic carbocycles. The number of carbonyl (C=O) groups is 1. The third-order valence-corrected chi connectivity index (χ3v) is 3.60. The van der Waals surface area contributed by atoms with Crippen LogP contribution in [0.25, 0.3) is 0 Å². The van der Waals surface area contributed by atoms with Crippen molar-refractivity contribution in [1.82, 2.24) is 9.88 Å². The zero-order chi connectivity index (χ0) is 14.5. The molecular weight excluding hydrogens is 279 g/mol. The van der Waals surface area contributed by atoms with E-state index < -0.39 is 5.82 Å². The predicted octanol–water partition coefficient (Wildman–Crippen LogP) is 2.95. The van der Waals surface area contributed by atoms with E-state index in [0.29, 0.717) is 17.2 Å². The number of rotatable bonds is 5. The van der Waals surface area contributed by atoms with Crippen molar-refractivity contribution in [3.05, 3.63) is 46.2 Å². The van der Waals surface area contributed by atoms with Crippen LogP contribution in [0.2, 0.25) is 0 Å². The van der Waals surface area contributed by atoms with Crippen molar-refractivity contribution >= 4 is 17.2 Å². The molecule has 20 heavy (non-hydrogen) atoms. The molecule has 0 atom stereocenters. The molecule has 0 spiro atoms. The van der Waals surface area contributed by atoms with Crippen LogP contribution < -0.4 is 4.74 Å². The van der Waals surface area contributed by atoms with E-state index in [1.807, 2.05) is 6.92 Å². The number of benzene rings is 1. The van der Waals surface area contributed by atoms with Crippen LogP contribution in [0.5, 0.6) is 5.75 Å². The van der Waals surface area contributed by atoms with Crippen molar-refractivity contribution in [3.63, 3.8) is 0 Å². The fraction of sp³-hybridized carbons (Fsp3) is 0.286. The second-order valence-corrected chi connectivity index (χ2v) is 5.11. The summed E-state index contributed by atoms with van der Waals surface area (Å²) in [5, 5.41) is 2.33. The lowest BCUT2D eigenvalue weighted by Gasteiger charge is -2.11. The topological polar surface area (TPSA) is 42.4 Å². The van der Waals surface area contributed by atoms with Crippen molar-refractivity contribution in [3.8, 4) is 5.75 Å². The van der Waals surface area contributed by atoms with Crippen molar-refractivity contribution in [1.29, 1.82) is 0 Å². The lowest BCUT2D eigenvalue weighted by atomic mass is 10.3. The molecule has 0 saturated carbocycles. The molecule has 0 N–H and O–H groups in total. The average Bonchev–Trinajstić information content (AvgIpc) is 2.93.